The molecular formula is C34H40ClF2N5O5S. The standard InChI is InChI=1S/C23H16ClF2N5O4S.C11H24O/c1-10-27-14-5-6-15(34-2)18(19(14)36-10)22(33)29-20-13(8-17(24)30-31-20)21(32)28-12-4-3-11-9-23(25,26)35-16(11)7-12;1-6-10(3)11(4)7-9(2)8-12-5/h3-8H,9H2,1-2H3,(H,28,32)(H,29,31,33);9-11H,6-8H2,1-5H3. The summed E-state index contributed by atoms with van der Waals surface area (Å²) in [5.74, 6) is 1.21. The number of rotatable bonds is 11. The Kier molecular flexibility index (Phi) is 12.3. The van der Waals surface area contributed by atoms with Crippen LogP contribution in [-0.4, -0.2) is 53.9 Å². The molecule has 0 spiro atoms. The molecule has 10 nitrogen and oxygen atoms in total. The Morgan fingerprint density at radius 3 is 2.50 bits per heavy atom. The molecule has 1 aliphatic heterocycles. The van der Waals surface area contributed by atoms with Crippen molar-refractivity contribution < 1.29 is 32.6 Å². The minimum atomic E-state index is -3.30. The van der Waals surface area contributed by atoms with Crippen molar-refractivity contribution in [3.8, 4) is 11.5 Å². The first-order valence-corrected chi connectivity index (χ1v) is 16.7. The molecule has 5 rings (SSSR count). The van der Waals surface area contributed by atoms with Gasteiger partial charge >= 0.3 is 6.11 Å². The number of nitrogens with zero attached hydrogens (tertiary/aromatic N) is 3. The lowest BCUT2D eigenvalue weighted by Gasteiger charge is -2.21. The molecule has 0 saturated heterocycles. The van der Waals surface area contributed by atoms with E-state index in [0.717, 1.165) is 23.5 Å². The van der Waals surface area contributed by atoms with Gasteiger partial charge in [0, 0.05) is 31.0 Å². The number of carbonyl (C=O) groups is 2. The Morgan fingerprint density at radius 1 is 1.06 bits per heavy atom. The molecule has 0 radical (unpaired) electrons. The number of fused-ring (bicyclic) bond motifs is 2. The summed E-state index contributed by atoms with van der Waals surface area (Å²) in [6, 6.07) is 8.79. The molecule has 0 bridgehead atoms. The number of methoxy groups -OCH3 is 2. The van der Waals surface area contributed by atoms with Crippen LogP contribution in [0, 0.1) is 24.7 Å². The number of aryl methyl sites for hydroxylation is 1. The number of aromatic nitrogens is 3. The highest BCUT2D eigenvalue weighted by Crippen LogP contribution is 2.39. The topological polar surface area (TPSA) is 125 Å². The van der Waals surface area contributed by atoms with E-state index in [2.05, 4.69) is 58.2 Å². The van der Waals surface area contributed by atoms with Crippen molar-refractivity contribution in [2.75, 3.05) is 31.5 Å². The van der Waals surface area contributed by atoms with E-state index in [1.54, 1.807) is 19.2 Å². The van der Waals surface area contributed by atoms with E-state index in [4.69, 9.17) is 21.1 Å². The average Bonchev–Trinajstić information content (AvgIpc) is 3.57. The summed E-state index contributed by atoms with van der Waals surface area (Å²) in [4.78, 5) is 30.7. The smallest absolute Gasteiger partial charge is 0.402 e. The van der Waals surface area contributed by atoms with Crippen LogP contribution in [-0.2, 0) is 11.2 Å². The summed E-state index contributed by atoms with van der Waals surface area (Å²) < 4.78 is 42.7. The third kappa shape index (κ3) is 9.14. The third-order valence-electron chi connectivity index (χ3n) is 8.14. The Balaban J connectivity index is 0.000000371. The fourth-order valence-corrected chi connectivity index (χ4v) is 6.49. The lowest BCUT2D eigenvalue weighted by molar-refractivity contribution is -0.159. The second-order valence-electron chi connectivity index (χ2n) is 12.0. The predicted octanol–water partition coefficient (Wildman–Crippen LogP) is 8.43. The van der Waals surface area contributed by atoms with Crippen molar-refractivity contribution >= 4 is 56.5 Å². The monoisotopic (exact) mass is 703 g/mol. The number of amides is 2. The zero-order chi connectivity index (χ0) is 35.2. The third-order valence-corrected chi connectivity index (χ3v) is 9.32. The maximum atomic E-state index is 13.5. The molecule has 2 N–H and O–H groups in total. The van der Waals surface area contributed by atoms with Crippen LogP contribution < -0.4 is 20.1 Å². The van der Waals surface area contributed by atoms with Crippen LogP contribution in [0.25, 0.3) is 10.2 Å². The molecule has 0 aliphatic carbocycles. The Labute approximate surface area is 287 Å². The van der Waals surface area contributed by atoms with Crippen LogP contribution in [0.2, 0.25) is 5.15 Å². The Bertz CT molecular complexity index is 1770. The van der Waals surface area contributed by atoms with E-state index in [-0.39, 0.29) is 33.5 Å². The lowest BCUT2D eigenvalue weighted by atomic mass is 9.86. The van der Waals surface area contributed by atoms with Gasteiger partial charge in [0.05, 0.1) is 34.3 Å². The van der Waals surface area contributed by atoms with Gasteiger partial charge in [0.25, 0.3) is 11.8 Å². The van der Waals surface area contributed by atoms with Crippen LogP contribution in [0.1, 0.15) is 71.8 Å². The summed E-state index contributed by atoms with van der Waals surface area (Å²) in [5, 5.41) is 13.4. The normalized spacial score (nSPS) is 15.0. The summed E-state index contributed by atoms with van der Waals surface area (Å²) in [5.41, 5.74) is 1.27. The predicted molar refractivity (Wildman–Crippen MR) is 184 cm³/mol. The number of anilines is 2. The van der Waals surface area contributed by atoms with Gasteiger partial charge in [-0.15, -0.1) is 21.5 Å². The maximum Gasteiger partial charge on any atom is 0.402 e. The average molecular weight is 704 g/mol. The minimum Gasteiger partial charge on any atom is -0.496 e. The van der Waals surface area contributed by atoms with Crippen molar-refractivity contribution in [2.24, 2.45) is 17.8 Å². The van der Waals surface area contributed by atoms with Crippen molar-refractivity contribution in [1.29, 1.82) is 0 Å². The molecule has 2 amide bonds. The fraction of sp³-hybridized carbons (Fsp3) is 0.441. The van der Waals surface area contributed by atoms with Crippen LogP contribution in [0.3, 0.4) is 0 Å². The van der Waals surface area contributed by atoms with Gasteiger partial charge in [0.2, 0.25) is 0 Å². The van der Waals surface area contributed by atoms with E-state index in [1.165, 1.54) is 55.6 Å². The molecular weight excluding hydrogens is 664 g/mol. The summed E-state index contributed by atoms with van der Waals surface area (Å²) >= 11 is 7.28. The number of thiazole rings is 1. The number of alkyl halides is 2. The van der Waals surface area contributed by atoms with Crippen molar-refractivity contribution in [3.63, 3.8) is 0 Å². The van der Waals surface area contributed by atoms with Gasteiger partial charge < -0.3 is 24.8 Å². The maximum absolute atomic E-state index is 13.5. The highest BCUT2D eigenvalue weighted by Gasteiger charge is 2.39. The molecule has 2 aromatic heterocycles. The van der Waals surface area contributed by atoms with Crippen LogP contribution >= 0.6 is 22.9 Å². The SMILES string of the molecule is CCC(C)C(C)CC(C)COC.COc1ccc2nc(C)sc2c1C(=O)Nc1nnc(Cl)cc1C(=O)Nc1ccc2c(c1)OC(F)(F)C2. The van der Waals surface area contributed by atoms with Crippen LogP contribution in [0.4, 0.5) is 20.3 Å². The fourth-order valence-electron chi connectivity index (χ4n) is 5.39. The molecule has 3 atom stereocenters. The van der Waals surface area contributed by atoms with Gasteiger partial charge in [-0.2, -0.15) is 8.78 Å². The van der Waals surface area contributed by atoms with Crippen LogP contribution in [0.15, 0.2) is 36.4 Å². The van der Waals surface area contributed by atoms with E-state index >= 15 is 0 Å². The van der Waals surface area contributed by atoms with E-state index < -0.39 is 24.3 Å². The number of hydrogen-bond acceptors (Lipinski definition) is 9. The molecule has 2 aromatic carbocycles. The molecule has 3 unspecified atom stereocenters. The number of hydrogen-bond donors (Lipinski definition) is 2. The van der Waals surface area contributed by atoms with Crippen molar-refractivity contribution in [1.82, 2.24) is 15.2 Å². The lowest BCUT2D eigenvalue weighted by Crippen LogP contribution is -2.21. The van der Waals surface area contributed by atoms with Gasteiger partial charge in [-0.25, -0.2) is 4.98 Å². The van der Waals surface area contributed by atoms with Gasteiger partial charge in [-0.1, -0.05) is 51.8 Å². The first-order valence-electron chi connectivity index (χ1n) is 15.5. The summed E-state index contributed by atoms with van der Waals surface area (Å²) in [6.45, 7) is 11.9. The van der Waals surface area contributed by atoms with Gasteiger partial charge in [-0.3, -0.25) is 9.59 Å². The first kappa shape index (κ1) is 36.9. The minimum absolute atomic E-state index is 0.0303. The number of benzene rings is 2. The molecule has 1 aliphatic rings. The number of ether oxygens (including phenoxy) is 3. The number of halogens is 3. The Hall–Kier alpha value is -3.94. The van der Waals surface area contributed by atoms with Gasteiger partial charge in [-0.05, 0) is 55.4 Å². The molecule has 0 fully saturated rings. The zero-order valence-corrected chi connectivity index (χ0v) is 29.5. The van der Waals surface area contributed by atoms with Gasteiger partial charge in [0.15, 0.2) is 11.0 Å². The number of nitrogens with one attached hydrogen (secondary N) is 2. The number of carbonyl (C=O) groups excluding carboxylic acids is 2. The molecule has 14 heteroatoms. The largest absolute Gasteiger partial charge is 0.496 e. The van der Waals surface area contributed by atoms with Gasteiger partial charge in [0.1, 0.15) is 17.1 Å². The van der Waals surface area contributed by atoms with Crippen molar-refractivity contribution in [2.45, 2.75) is 60.0 Å². The van der Waals surface area contributed by atoms with E-state index in [9.17, 15) is 18.4 Å². The van der Waals surface area contributed by atoms with E-state index in [0.29, 0.717) is 27.4 Å². The highest BCUT2D eigenvalue weighted by molar-refractivity contribution is 7.19. The van der Waals surface area contributed by atoms with E-state index in [1.807, 2.05) is 6.92 Å². The molecule has 48 heavy (non-hydrogen) atoms. The highest BCUT2D eigenvalue weighted by atomic mass is 35.5. The molecule has 258 valence electrons. The molecule has 0 saturated carbocycles. The van der Waals surface area contributed by atoms with Crippen LogP contribution in [0.5, 0.6) is 11.5 Å². The van der Waals surface area contributed by atoms with Crippen molar-refractivity contribution in [3.05, 3.63) is 63.2 Å². The second-order valence-corrected chi connectivity index (χ2v) is 13.5. The summed E-state index contributed by atoms with van der Waals surface area (Å²) in [7, 11) is 3.22. The zero-order valence-electron chi connectivity index (χ0n) is 27.9. The molecule has 4 aromatic rings. The quantitative estimate of drug-likeness (QED) is 0.160. The molecule has 3 heterocycles. The second kappa shape index (κ2) is 16.0. The first-order chi connectivity index (χ1) is 22.7. The summed E-state index contributed by atoms with van der Waals surface area (Å²) in [6.07, 6.45) is -1.26. The Morgan fingerprint density at radius 2 is 1.81 bits per heavy atom.